The third kappa shape index (κ3) is 2.81. The molecule has 10 heavy (non-hydrogen) atoms. The maximum atomic E-state index is 3.36. The molecule has 0 nitrogen and oxygen atoms in total. The van der Waals surface area contributed by atoms with Gasteiger partial charge in [0.05, 0.1) is 0 Å². The normalized spacial score (nSPS) is 16.5. The fourth-order valence-electron chi connectivity index (χ4n) is 0.920. The van der Waals surface area contributed by atoms with Crippen LogP contribution < -0.4 is 0 Å². The van der Waals surface area contributed by atoms with Crippen LogP contribution >= 0.6 is 0 Å². The van der Waals surface area contributed by atoms with Crippen molar-refractivity contribution in [2.24, 2.45) is 0 Å². The minimum atomic E-state index is -1.01. The van der Waals surface area contributed by atoms with Crippen molar-refractivity contribution < 1.29 is 32.7 Å². The zero-order valence-corrected chi connectivity index (χ0v) is 10.8. The molecule has 0 aromatic rings. The molecule has 0 aliphatic heterocycles. The van der Waals surface area contributed by atoms with E-state index in [0.717, 1.165) is 6.42 Å². The number of allylic oxidation sites excluding steroid dienone is 4. The minimum absolute atomic E-state index is 0. The molecule has 0 aromatic heterocycles. The number of hydrogen-bond donors (Lipinski definition) is 0. The van der Waals surface area contributed by atoms with Gasteiger partial charge in [-0.25, -0.2) is 11.3 Å². The summed E-state index contributed by atoms with van der Waals surface area (Å²) >= 11 is 0. The molecule has 1 rings (SSSR count). The molecule has 0 N–H and O–H groups in total. The average Bonchev–Trinajstić information content (AvgIpc) is 2.08. The maximum Gasteiger partial charge on any atom is 0.0393 e. The molecule has 0 atom stereocenters. The van der Waals surface area contributed by atoms with Crippen molar-refractivity contribution in [3.63, 3.8) is 0 Å². The Morgan fingerprint density at radius 2 is 2.00 bits per heavy atom. The molecule has 0 aromatic carbocycles. The Labute approximate surface area is 89.7 Å². The Kier molecular flexibility index (Phi) is 4.30. The van der Waals surface area contributed by atoms with Crippen molar-refractivity contribution in [1.82, 2.24) is 0 Å². The van der Waals surface area contributed by atoms with E-state index in [1.165, 1.54) is 5.20 Å². The molecule has 0 bridgehead atoms. The second-order valence-corrected chi connectivity index (χ2v) is 8.49. The van der Waals surface area contributed by atoms with Gasteiger partial charge in [-0.15, -0.1) is 6.42 Å². The summed E-state index contributed by atoms with van der Waals surface area (Å²) in [6.07, 6.45) is 8.82. The summed E-state index contributed by atoms with van der Waals surface area (Å²) in [6, 6.07) is 0. The van der Waals surface area contributed by atoms with E-state index in [-0.39, 0.29) is 32.7 Å². The Morgan fingerprint density at radius 3 is 2.20 bits per heavy atom. The van der Waals surface area contributed by atoms with Gasteiger partial charge < -0.3 is 0 Å². The molecule has 53 valence electrons. The van der Waals surface area contributed by atoms with Gasteiger partial charge in [0.1, 0.15) is 0 Å². The van der Waals surface area contributed by atoms with E-state index in [9.17, 15) is 0 Å². The van der Waals surface area contributed by atoms with E-state index in [4.69, 9.17) is 0 Å². The van der Waals surface area contributed by atoms with Crippen LogP contribution in [0.1, 0.15) is 6.42 Å². The monoisotopic (exact) mass is 226 g/mol. The van der Waals surface area contributed by atoms with Gasteiger partial charge in [0, 0.05) is 40.8 Å². The fraction of sp³-hybridized carbons (Fsp3) is 0.500. The third-order valence-electron chi connectivity index (χ3n) is 1.50. The summed E-state index contributed by atoms with van der Waals surface area (Å²) in [5, 5.41) is 1.49. The van der Waals surface area contributed by atoms with E-state index in [1.807, 2.05) is 0 Å². The van der Waals surface area contributed by atoms with Crippen LogP contribution in [0, 0.1) is 6.08 Å². The van der Waals surface area contributed by atoms with E-state index in [0.29, 0.717) is 0 Å². The van der Waals surface area contributed by atoms with Gasteiger partial charge in [-0.3, -0.25) is 6.08 Å². The first-order valence-corrected chi connectivity index (χ1v) is 6.88. The van der Waals surface area contributed by atoms with Gasteiger partial charge in [0.25, 0.3) is 0 Å². The Hall–Kier alpha value is 0.801. The fourth-order valence-corrected chi connectivity index (χ4v) is 2.17. The molecular formula is C8H13SiY-. The minimum Gasteiger partial charge on any atom is -0.274 e. The van der Waals surface area contributed by atoms with Crippen molar-refractivity contribution in [1.29, 1.82) is 0 Å². The smallest absolute Gasteiger partial charge is 0.0393 e. The molecule has 2 heteroatoms. The van der Waals surface area contributed by atoms with Gasteiger partial charge >= 0.3 is 0 Å². The third-order valence-corrected chi connectivity index (χ3v) is 3.46. The van der Waals surface area contributed by atoms with Crippen molar-refractivity contribution in [2.75, 3.05) is 0 Å². The first-order valence-electron chi connectivity index (χ1n) is 3.38. The van der Waals surface area contributed by atoms with Gasteiger partial charge in [0.15, 0.2) is 0 Å². The zero-order chi connectivity index (χ0) is 6.91. The van der Waals surface area contributed by atoms with Crippen LogP contribution in [0.25, 0.3) is 0 Å². The van der Waals surface area contributed by atoms with Crippen LogP contribution in [0.4, 0.5) is 0 Å². The van der Waals surface area contributed by atoms with Crippen LogP contribution in [0.3, 0.4) is 0 Å². The number of rotatable bonds is 1. The first-order chi connectivity index (χ1) is 4.11. The molecule has 0 saturated carbocycles. The van der Waals surface area contributed by atoms with Crippen molar-refractivity contribution in [3.8, 4) is 0 Å². The van der Waals surface area contributed by atoms with Crippen molar-refractivity contribution >= 4 is 8.07 Å². The topological polar surface area (TPSA) is 0 Å². The molecule has 1 aliphatic carbocycles. The Balaban J connectivity index is 0.000000810. The Bertz CT molecular complexity index is 163. The molecule has 0 spiro atoms. The second-order valence-electron chi connectivity index (χ2n) is 3.45. The van der Waals surface area contributed by atoms with Gasteiger partial charge in [-0.1, -0.05) is 19.6 Å². The maximum absolute atomic E-state index is 3.36. The van der Waals surface area contributed by atoms with Crippen LogP contribution in [0.15, 0.2) is 17.3 Å². The van der Waals surface area contributed by atoms with Gasteiger partial charge in [0.2, 0.25) is 0 Å². The molecule has 1 aliphatic rings. The number of hydrogen-bond acceptors (Lipinski definition) is 0. The summed E-state index contributed by atoms with van der Waals surface area (Å²) in [4.78, 5) is 0. The molecule has 1 radical (unpaired) electrons. The molecule has 0 fully saturated rings. The average molecular weight is 226 g/mol. The summed E-state index contributed by atoms with van der Waals surface area (Å²) < 4.78 is 0. The SMILES string of the molecule is C[Si](C)(C)C1=[C-]CC=C1.[Y]. The van der Waals surface area contributed by atoms with E-state index in [2.05, 4.69) is 37.9 Å². The summed E-state index contributed by atoms with van der Waals surface area (Å²) in [7, 11) is -1.01. The summed E-state index contributed by atoms with van der Waals surface area (Å²) in [5.74, 6) is 0. The first kappa shape index (κ1) is 10.8. The van der Waals surface area contributed by atoms with E-state index in [1.54, 1.807) is 0 Å². The summed E-state index contributed by atoms with van der Waals surface area (Å²) in [5.41, 5.74) is 0. The van der Waals surface area contributed by atoms with Crippen molar-refractivity contribution in [3.05, 3.63) is 23.4 Å². The van der Waals surface area contributed by atoms with Crippen LogP contribution in [0.2, 0.25) is 19.6 Å². The quantitative estimate of drug-likeness (QED) is 0.476. The predicted molar refractivity (Wildman–Crippen MR) is 43.9 cm³/mol. The molecule has 0 heterocycles. The second kappa shape index (κ2) is 3.99. The molecule has 0 amide bonds. The van der Waals surface area contributed by atoms with Crippen molar-refractivity contribution in [2.45, 2.75) is 26.1 Å². The van der Waals surface area contributed by atoms with E-state index < -0.39 is 8.07 Å². The summed E-state index contributed by atoms with van der Waals surface area (Å²) in [6.45, 7) is 7.06. The van der Waals surface area contributed by atoms with Gasteiger partial charge in [-0.2, -0.15) is 6.08 Å². The van der Waals surface area contributed by atoms with E-state index >= 15 is 0 Å². The molecular weight excluding hydrogens is 213 g/mol. The predicted octanol–water partition coefficient (Wildman–Crippen LogP) is 2.55. The van der Waals surface area contributed by atoms with Crippen LogP contribution in [-0.4, -0.2) is 8.07 Å². The zero-order valence-electron chi connectivity index (χ0n) is 6.94. The largest absolute Gasteiger partial charge is 0.274 e. The van der Waals surface area contributed by atoms with Crippen LogP contribution in [0.5, 0.6) is 0 Å². The van der Waals surface area contributed by atoms with Crippen LogP contribution in [-0.2, 0) is 32.7 Å². The standard InChI is InChI=1S/C8H13Si.Y/c1-9(2,3)8-6-4-5-7-8;/h4,6H,5H2,1-3H3;/q-1;. The van der Waals surface area contributed by atoms with Gasteiger partial charge in [-0.05, 0) is 0 Å². The molecule has 0 unspecified atom stereocenters. The molecule has 0 saturated heterocycles. The Morgan fingerprint density at radius 1 is 1.40 bits per heavy atom.